The molecular weight excluding hydrogens is 365 g/mol. The van der Waals surface area contributed by atoms with Crippen molar-refractivity contribution in [3.8, 4) is 11.5 Å². The van der Waals surface area contributed by atoms with Gasteiger partial charge in [0.05, 0.1) is 23.8 Å². The highest BCUT2D eigenvalue weighted by atomic mass is 35.5. The van der Waals surface area contributed by atoms with E-state index in [4.69, 9.17) is 25.8 Å². The number of hydrogen-bond donors (Lipinski definition) is 1. The second-order valence-corrected chi connectivity index (χ2v) is 5.87. The van der Waals surface area contributed by atoms with Gasteiger partial charge in [0.1, 0.15) is 5.82 Å². The van der Waals surface area contributed by atoms with E-state index in [0.29, 0.717) is 30.4 Å². The van der Waals surface area contributed by atoms with Gasteiger partial charge < -0.3 is 19.5 Å². The van der Waals surface area contributed by atoms with E-state index in [1.54, 1.807) is 18.2 Å². The largest absolute Gasteiger partial charge is 0.490 e. The molecular formula is C18H15ClFNO5. The third kappa shape index (κ3) is 4.43. The Hall–Kier alpha value is -2.80. The number of anilines is 1. The topological polar surface area (TPSA) is 73.9 Å². The van der Waals surface area contributed by atoms with E-state index in [-0.39, 0.29) is 10.6 Å². The van der Waals surface area contributed by atoms with Crippen molar-refractivity contribution in [2.24, 2.45) is 0 Å². The maximum Gasteiger partial charge on any atom is 0.340 e. The normalized spacial score (nSPS) is 12.8. The first-order valence-corrected chi connectivity index (χ1v) is 8.22. The van der Waals surface area contributed by atoms with Gasteiger partial charge in [-0.05, 0) is 30.3 Å². The number of carbonyl (C=O) groups excluding carboxylic acids is 2. The van der Waals surface area contributed by atoms with Crippen molar-refractivity contribution < 1.29 is 28.2 Å². The lowest BCUT2D eigenvalue weighted by atomic mass is 10.2. The molecule has 1 amide bonds. The molecule has 8 heteroatoms. The summed E-state index contributed by atoms with van der Waals surface area (Å²) in [7, 11) is 0. The van der Waals surface area contributed by atoms with Crippen LogP contribution in [0, 0.1) is 5.82 Å². The molecule has 0 saturated carbocycles. The van der Waals surface area contributed by atoms with Gasteiger partial charge in [0.25, 0.3) is 5.91 Å². The van der Waals surface area contributed by atoms with Gasteiger partial charge in [0, 0.05) is 18.2 Å². The van der Waals surface area contributed by atoms with Crippen LogP contribution in [0.4, 0.5) is 10.1 Å². The molecule has 136 valence electrons. The number of halogens is 2. The van der Waals surface area contributed by atoms with Crippen LogP contribution in [0.3, 0.4) is 0 Å². The molecule has 2 aromatic carbocycles. The van der Waals surface area contributed by atoms with Crippen molar-refractivity contribution in [1.82, 2.24) is 0 Å². The molecule has 0 unspecified atom stereocenters. The van der Waals surface area contributed by atoms with Crippen LogP contribution in [0.25, 0.3) is 0 Å². The third-order valence-corrected chi connectivity index (χ3v) is 3.83. The van der Waals surface area contributed by atoms with Gasteiger partial charge in [-0.2, -0.15) is 0 Å². The number of nitrogens with one attached hydrogen (secondary N) is 1. The third-order valence-electron chi connectivity index (χ3n) is 3.52. The maximum atomic E-state index is 13.0. The van der Waals surface area contributed by atoms with Gasteiger partial charge in [-0.3, -0.25) is 4.79 Å². The van der Waals surface area contributed by atoms with Crippen LogP contribution in [0.15, 0.2) is 36.4 Å². The molecule has 26 heavy (non-hydrogen) atoms. The average Bonchev–Trinajstić information content (AvgIpc) is 2.84. The second-order valence-electron chi connectivity index (χ2n) is 5.46. The molecule has 3 rings (SSSR count). The van der Waals surface area contributed by atoms with E-state index in [1.807, 2.05) is 0 Å². The van der Waals surface area contributed by atoms with E-state index in [1.165, 1.54) is 6.07 Å². The fraction of sp³-hybridized carbons (Fsp3) is 0.222. The molecule has 0 atom stereocenters. The van der Waals surface area contributed by atoms with Crippen molar-refractivity contribution in [3.63, 3.8) is 0 Å². The first-order valence-electron chi connectivity index (χ1n) is 7.84. The van der Waals surface area contributed by atoms with Gasteiger partial charge >= 0.3 is 5.97 Å². The quantitative estimate of drug-likeness (QED) is 0.824. The molecule has 0 fully saturated rings. The number of esters is 1. The van der Waals surface area contributed by atoms with Crippen LogP contribution in [0.1, 0.15) is 16.8 Å². The van der Waals surface area contributed by atoms with Crippen molar-refractivity contribution in [1.29, 1.82) is 0 Å². The molecule has 0 saturated heterocycles. The summed E-state index contributed by atoms with van der Waals surface area (Å²) in [5.41, 5.74) is 0.464. The van der Waals surface area contributed by atoms with Crippen LogP contribution in [0.5, 0.6) is 11.5 Å². The first-order chi connectivity index (χ1) is 12.5. The predicted molar refractivity (Wildman–Crippen MR) is 92.4 cm³/mol. The Morgan fingerprint density at radius 3 is 2.65 bits per heavy atom. The van der Waals surface area contributed by atoms with Crippen molar-refractivity contribution in [2.45, 2.75) is 6.42 Å². The zero-order chi connectivity index (χ0) is 18.5. The highest BCUT2D eigenvalue weighted by molar-refractivity contribution is 6.33. The number of amides is 1. The number of benzene rings is 2. The molecule has 1 aliphatic rings. The van der Waals surface area contributed by atoms with Crippen LogP contribution in [-0.2, 0) is 9.53 Å². The smallest absolute Gasteiger partial charge is 0.340 e. The number of hydrogen-bond acceptors (Lipinski definition) is 5. The van der Waals surface area contributed by atoms with E-state index in [0.717, 1.165) is 18.6 Å². The SMILES string of the molecule is O=C(COC(=O)c1ccc(F)cc1Cl)Nc1ccc2c(c1)OCCCO2. The number of carbonyl (C=O) groups is 2. The van der Waals surface area contributed by atoms with Crippen LogP contribution in [0.2, 0.25) is 5.02 Å². The molecule has 1 heterocycles. The van der Waals surface area contributed by atoms with E-state index < -0.39 is 24.3 Å². The Bertz CT molecular complexity index is 842. The van der Waals surface area contributed by atoms with E-state index >= 15 is 0 Å². The second kappa shape index (κ2) is 8.05. The molecule has 0 bridgehead atoms. The lowest BCUT2D eigenvalue weighted by molar-refractivity contribution is -0.119. The first kappa shape index (κ1) is 18.0. The van der Waals surface area contributed by atoms with Gasteiger partial charge in [-0.25, -0.2) is 9.18 Å². The predicted octanol–water partition coefficient (Wildman–Crippen LogP) is 3.44. The number of ether oxygens (including phenoxy) is 3. The summed E-state index contributed by atoms with van der Waals surface area (Å²) < 4.78 is 28.9. The number of fused-ring (bicyclic) bond motifs is 1. The minimum Gasteiger partial charge on any atom is -0.490 e. The highest BCUT2D eigenvalue weighted by Gasteiger charge is 2.15. The molecule has 0 radical (unpaired) electrons. The van der Waals surface area contributed by atoms with Crippen LogP contribution < -0.4 is 14.8 Å². The molecule has 2 aromatic rings. The Kier molecular flexibility index (Phi) is 5.58. The van der Waals surface area contributed by atoms with E-state index in [2.05, 4.69) is 5.32 Å². The summed E-state index contributed by atoms with van der Waals surface area (Å²) in [5, 5.41) is 2.51. The highest BCUT2D eigenvalue weighted by Crippen LogP contribution is 2.32. The summed E-state index contributed by atoms with van der Waals surface area (Å²) in [6.07, 6.45) is 0.776. The monoisotopic (exact) mass is 379 g/mol. The molecule has 1 aliphatic heterocycles. The summed E-state index contributed by atoms with van der Waals surface area (Å²) in [6, 6.07) is 8.26. The molecule has 0 aromatic heterocycles. The summed E-state index contributed by atoms with van der Waals surface area (Å²) in [6.45, 7) is 0.585. The lowest BCUT2D eigenvalue weighted by Gasteiger charge is -2.11. The molecule has 0 spiro atoms. The van der Waals surface area contributed by atoms with Gasteiger partial charge in [-0.15, -0.1) is 0 Å². The summed E-state index contributed by atoms with van der Waals surface area (Å²) in [5.74, 6) is -0.776. The molecule has 1 N–H and O–H groups in total. The Labute approximate surface area is 153 Å². The van der Waals surface area contributed by atoms with Gasteiger partial charge in [0.2, 0.25) is 0 Å². The Morgan fingerprint density at radius 1 is 1.12 bits per heavy atom. The fourth-order valence-electron chi connectivity index (χ4n) is 2.30. The summed E-state index contributed by atoms with van der Waals surface area (Å²) in [4.78, 5) is 23.9. The van der Waals surface area contributed by atoms with Crippen molar-refractivity contribution in [3.05, 3.63) is 52.8 Å². The van der Waals surface area contributed by atoms with Crippen molar-refractivity contribution in [2.75, 3.05) is 25.1 Å². The Morgan fingerprint density at radius 2 is 1.88 bits per heavy atom. The van der Waals surface area contributed by atoms with Gasteiger partial charge in [-0.1, -0.05) is 11.6 Å². The van der Waals surface area contributed by atoms with Crippen molar-refractivity contribution >= 4 is 29.2 Å². The zero-order valence-corrected chi connectivity index (χ0v) is 14.3. The summed E-state index contributed by atoms with van der Waals surface area (Å²) >= 11 is 5.78. The van der Waals surface area contributed by atoms with Gasteiger partial charge in [0.15, 0.2) is 18.1 Å². The van der Waals surface area contributed by atoms with Crippen LogP contribution >= 0.6 is 11.6 Å². The zero-order valence-electron chi connectivity index (χ0n) is 13.6. The Balaban J connectivity index is 1.57. The average molecular weight is 380 g/mol. The molecule has 0 aliphatic carbocycles. The minimum atomic E-state index is -0.816. The minimum absolute atomic E-state index is 0.0172. The lowest BCUT2D eigenvalue weighted by Crippen LogP contribution is -2.21. The van der Waals surface area contributed by atoms with Crippen LogP contribution in [-0.4, -0.2) is 31.7 Å². The number of rotatable bonds is 4. The molecule has 6 nitrogen and oxygen atoms in total. The standard InChI is InChI=1S/C18H15ClFNO5/c19-14-8-11(20)2-4-13(14)18(23)26-10-17(22)21-12-3-5-15-16(9-12)25-7-1-6-24-15/h2-5,8-9H,1,6-7,10H2,(H,21,22). The van der Waals surface area contributed by atoms with E-state index in [9.17, 15) is 14.0 Å². The maximum absolute atomic E-state index is 13.0. The fourth-order valence-corrected chi connectivity index (χ4v) is 2.55.